The number of fused-ring (bicyclic) bond motifs is 2. The summed E-state index contributed by atoms with van der Waals surface area (Å²) in [7, 11) is 0. The number of likely N-dealkylation sites (tertiary alicyclic amines) is 1. The monoisotopic (exact) mass is 393 g/mol. The predicted molar refractivity (Wildman–Crippen MR) is 107 cm³/mol. The van der Waals surface area contributed by atoms with Crippen LogP contribution in [0.3, 0.4) is 0 Å². The molecule has 1 unspecified atom stereocenters. The molecule has 2 aromatic carbocycles. The SMILES string of the molecule is O=C(C=Cc1ccc2c(c1)OCO2)N1CCCC1c1ccc2c(c1)OCCCO2. The Balaban J connectivity index is 1.32. The van der Waals surface area contributed by atoms with E-state index in [-0.39, 0.29) is 18.7 Å². The first-order valence-corrected chi connectivity index (χ1v) is 10.1. The summed E-state index contributed by atoms with van der Waals surface area (Å²) in [6, 6.07) is 11.8. The molecule has 0 aliphatic carbocycles. The number of ether oxygens (including phenoxy) is 4. The molecule has 5 rings (SSSR count). The van der Waals surface area contributed by atoms with Crippen LogP contribution in [-0.2, 0) is 4.79 Å². The van der Waals surface area contributed by atoms with Gasteiger partial charge in [0.05, 0.1) is 19.3 Å². The lowest BCUT2D eigenvalue weighted by Crippen LogP contribution is -2.28. The van der Waals surface area contributed by atoms with Crippen LogP contribution in [0, 0.1) is 0 Å². The molecule has 6 nitrogen and oxygen atoms in total. The average molecular weight is 393 g/mol. The summed E-state index contributed by atoms with van der Waals surface area (Å²) < 4.78 is 22.3. The molecule has 0 bridgehead atoms. The molecule has 1 atom stereocenters. The van der Waals surface area contributed by atoms with Crippen molar-refractivity contribution in [3.8, 4) is 23.0 Å². The molecule has 3 heterocycles. The van der Waals surface area contributed by atoms with Crippen LogP contribution in [-0.4, -0.2) is 37.4 Å². The van der Waals surface area contributed by atoms with Crippen molar-refractivity contribution in [3.63, 3.8) is 0 Å². The van der Waals surface area contributed by atoms with Gasteiger partial charge in [-0.05, 0) is 54.3 Å². The Bertz CT molecular complexity index is 954. The Hall–Kier alpha value is -3.15. The van der Waals surface area contributed by atoms with E-state index < -0.39 is 0 Å². The van der Waals surface area contributed by atoms with Crippen LogP contribution in [0.25, 0.3) is 6.08 Å². The zero-order chi connectivity index (χ0) is 19.6. The van der Waals surface area contributed by atoms with Crippen molar-refractivity contribution in [1.29, 1.82) is 0 Å². The van der Waals surface area contributed by atoms with Gasteiger partial charge in [-0.1, -0.05) is 12.1 Å². The van der Waals surface area contributed by atoms with Crippen LogP contribution in [0.1, 0.15) is 36.4 Å². The Morgan fingerprint density at radius 3 is 2.59 bits per heavy atom. The highest BCUT2D eigenvalue weighted by atomic mass is 16.7. The Kier molecular flexibility index (Phi) is 4.76. The fraction of sp³-hybridized carbons (Fsp3) is 0.348. The second kappa shape index (κ2) is 7.70. The summed E-state index contributed by atoms with van der Waals surface area (Å²) in [6.45, 7) is 2.32. The highest BCUT2D eigenvalue weighted by Crippen LogP contribution is 2.38. The number of amides is 1. The van der Waals surface area contributed by atoms with Gasteiger partial charge in [0.25, 0.3) is 0 Å². The molecule has 0 spiro atoms. The minimum Gasteiger partial charge on any atom is -0.490 e. The maximum Gasteiger partial charge on any atom is 0.247 e. The van der Waals surface area contributed by atoms with Crippen molar-refractivity contribution in [2.24, 2.45) is 0 Å². The summed E-state index contributed by atoms with van der Waals surface area (Å²) >= 11 is 0. The number of carbonyl (C=O) groups excluding carboxylic acids is 1. The van der Waals surface area contributed by atoms with Crippen LogP contribution in [0.4, 0.5) is 0 Å². The predicted octanol–water partition coefficient (Wildman–Crippen LogP) is 3.95. The quantitative estimate of drug-likeness (QED) is 0.739. The maximum atomic E-state index is 12.9. The number of benzene rings is 2. The van der Waals surface area contributed by atoms with Crippen molar-refractivity contribution in [2.75, 3.05) is 26.6 Å². The number of rotatable bonds is 3. The van der Waals surface area contributed by atoms with Gasteiger partial charge in [0, 0.05) is 19.0 Å². The van der Waals surface area contributed by atoms with Crippen molar-refractivity contribution in [1.82, 2.24) is 4.90 Å². The molecule has 29 heavy (non-hydrogen) atoms. The third-order valence-corrected chi connectivity index (χ3v) is 5.51. The van der Waals surface area contributed by atoms with Gasteiger partial charge in [-0.25, -0.2) is 0 Å². The van der Waals surface area contributed by atoms with E-state index in [1.165, 1.54) is 0 Å². The minimum absolute atomic E-state index is 0.0114. The molecular formula is C23H23NO5. The smallest absolute Gasteiger partial charge is 0.247 e. The van der Waals surface area contributed by atoms with Gasteiger partial charge >= 0.3 is 0 Å². The second-order valence-corrected chi connectivity index (χ2v) is 7.39. The number of hydrogen-bond acceptors (Lipinski definition) is 5. The van der Waals surface area contributed by atoms with Gasteiger partial charge < -0.3 is 23.8 Å². The fourth-order valence-corrected chi connectivity index (χ4v) is 4.04. The lowest BCUT2D eigenvalue weighted by atomic mass is 10.0. The second-order valence-electron chi connectivity index (χ2n) is 7.39. The Labute approximate surface area is 169 Å². The maximum absolute atomic E-state index is 12.9. The van der Waals surface area contributed by atoms with Crippen LogP contribution in [0.5, 0.6) is 23.0 Å². The van der Waals surface area contributed by atoms with Crippen LogP contribution in [0.15, 0.2) is 42.5 Å². The van der Waals surface area contributed by atoms with Crippen LogP contribution in [0.2, 0.25) is 0 Å². The van der Waals surface area contributed by atoms with Gasteiger partial charge in [-0.3, -0.25) is 4.79 Å². The molecule has 6 heteroatoms. The van der Waals surface area contributed by atoms with Crippen molar-refractivity contribution in [3.05, 3.63) is 53.6 Å². The zero-order valence-corrected chi connectivity index (χ0v) is 16.1. The van der Waals surface area contributed by atoms with E-state index in [0.717, 1.165) is 54.2 Å². The fourth-order valence-electron chi connectivity index (χ4n) is 4.04. The van der Waals surface area contributed by atoms with Gasteiger partial charge in [0.1, 0.15) is 0 Å². The molecule has 3 aliphatic rings. The topological polar surface area (TPSA) is 57.2 Å². The van der Waals surface area contributed by atoms with Crippen molar-refractivity contribution in [2.45, 2.75) is 25.3 Å². The molecule has 0 aromatic heterocycles. The van der Waals surface area contributed by atoms with Gasteiger partial charge in [-0.2, -0.15) is 0 Å². The van der Waals surface area contributed by atoms with Gasteiger partial charge in [0.15, 0.2) is 23.0 Å². The summed E-state index contributed by atoms with van der Waals surface area (Å²) in [5.41, 5.74) is 2.01. The highest BCUT2D eigenvalue weighted by Gasteiger charge is 2.29. The van der Waals surface area contributed by atoms with Gasteiger partial charge in [-0.15, -0.1) is 0 Å². The minimum atomic E-state index is 0.0114. The molecule has 1 amide bonds. The van der Waals surface area contributed by atoms with Crippen LogP contribution < -0.4 is 18.9 Å². The molecule has 0 radical (unpaired) electrons. The lowest BCUT2D eigenvalue weighted by molar-refractivity contribution is -0.126. The Morgan fingerprint density at radius 2 is 1.66 bits per heavy atom. The van der Waals surface area contributed by atoms with Gasteiger partial charge in [0.2, 0.25) is 12.7 Å². The summed E-state index contributed by atoms with van der Waals surface area (Å²) in [5.74, 6) is 3.02. The molecule has 1 saturated heterocycles. The standard InChI is InChI=1S/C23H23NO5/c25-23(9-5-16-4-7-20-21(13-16)29-15-28-20)24-10-1-3-18(24)17-6-8-19-22(14-17)27-12-2-11-26-19/h4-9,13-14,18H,1-3,10-12,15H2. The molecular weight excluding hydrogens is 370 g/mol. The van der Waals surface area contributed by atoms with E-state index in [1.807, 2.05) is 47.4 Å². The average Bonchev–Trinajstić information content (AvgIpc) is 3.36. The summed E-state index contributed by atoms with van der Waals surface area (Å²) in [6.07, 6.45) is 6.28. The normalized spacial score (nSPS) is 20.1. The lowest BCUT2D eigenvalue weighted by Gasteiger charge is -2.24. The molecule has 0 N–H and O–H groups in total. The third-order valence-electron chi connectivity index (χ3n) is 5.51. The van der Waals surface area contributed by atoms with Crippen LogP contribution >= 0.6 is 0 Å². The van der Waals surface area contributed by atoms with Crippen molar-refractivity contribution >= 4 is 12.0 Å². The summed E-state index contributed by atoms with van der Waals surface area (Å²) in [4.78, 5) is 14.8. The highest BCUT2D eigenvalue weighted by molar-refractivity contribution is 5.92. The molecule has 0 saturated carbocycles. The van der Waals surface area contributed by atoms with E-state index in [9.17, 15) is 4.79 Å². The number of hydrogen-bond donors (Lipinski definition) is 0. The third kappa shape index (κ3) is 3.62. The number of nitrogens with zero attached hydrogens (tertiary/aromatic N) is 1. The first-order chi connectivity index (χ1) is 14.3. The molecule has 150 valence electrons. The van der Waals surface area contributed by atoms with E-state index in [2.05, 4.69) is 0 Å². The Morgan fingerprint density at radius 1 is 0.897 bits per heavy atom. The van der Waals surface area contributed by atoms with E-state index in [0.29, 0.717) is 19.0 Å². The van der Waals surface area contributed by atoms with E-state index in [4.69, 9.17) is 18.9 Å². The largest absolute Gasteiger partial charge is 0.490 e. The van der Waals surface area contributed by atoms with E-state index in [1.54, 1.807) is 6.08 Å². The molecule has 2 aromatic rings. The van der Waals surface area contributed by atoms with E-state index >= 15 is 0 Å². The zero-order valence-electron chi connectivity index (χ0n) is 16.1. The molecule has 1 fully saturated rings. The first-order valence-electron chi connectivity index (χ1n) is 10.1. The molecule has 3 aliphatic heterocycles. The number of carbonyl (C=O) groups is 1. The van der Waals surface area contributed by atoms with Crippen molar-refractivity contribution < 1.29 is 23.7 Å². The first kappa shape index (κ1) is 17.9. The summed E-state index contributed by atoms with van der Waals surface area (Å²) in [5, 5.41) is 0.